The maximum atomic E-state index is 13.2. The second-order valence-electron chi connectivity index (χ2n) is 7.51. The van der Waals surface area contributed by atoms with Gasteiger partial charge in [0.15, 0.2) is 5.83 Å². The van der Waals surface area contributed by atoms with Crippen molar-refractivity contribution in [3.8, 4) is 11.5 Å². The molecule has 1 saturated carbocycles. The Bertz CT molecular complexity index is 904. The van der Waals surface area contributed by atoms with E-state index in [1.54, 1.807) is 50.2 Å². The molecule has 0 amide bonds. The number of benzene rings is 2. The molecule has 0 saturated heterocycles. The molecule has 3 nitrogen and oxygen atoms in total. The fourth-order valence-corrected chi connectivity index (χ4v) is 3.26. The molecule has 0 aliphatic heterocycles. The molecule has 1 aliphatic rings. The van der Waals surface area contributed by atoms with Gasteiger partial charge in [0.2, 0.25) is 0 Å². The normalized spacial score (nSPS) is 20.8. The van der Waals surface area contributed by atoms with Crippen molar-refractivity contribution in [2.75, 3.05) is 0 Å². The maximum Gasteiger partial charge on any atom is 0.442 e. The number of allylic oxidation sites excluding steroid dienone is 2. The van der Waals surface area contributed by atoms with Crippen molar-refractivity contribution in [3.63, 3.8) is 0 Å². The van der Waals surface area contributed by atoms with Crippen molar-refractivity contribution in [3.05, 3.63) is 72.1 Å². The number of hydrogen-bond acceptors (Lipinski definition) is 3. The van der Waals surface area contributed by atoms with Crippen LogP contribution in [-0.2, 0) is 16.1 Å². The van der Waals surface area contributed by atoms with Crippen LogP contribution in [0.1, 0.15) is 19.4 Å². The Balaban J connectivity index is 1.60. The van der Waals surface area contributed by atoms with Crippen molar-refractivity contribution < 1.29 is 31.8 Å². The molecule has 3 rings (SSSR count). The summed E-state index contributed by atoms with van der Waals surface area (Å²) in [5.41, 5.74) is -0.128. The van der Waals surface area contributed by atoms with Gasteiger partial charge in [0.25, 0.3) is 0 Å². The lowest BCUT2D eigenvalue weighted by atomic mass is 10.1. The summed E-state index contributed by atoms with van der Waals surface area (Å²) in [6.45, 7) is 3.16. The van der Waals surface area contributed by atoms with Gasteiger partial charge in [0, 0.05) is 0 Å². The minimum atomic E-state index is -5.05. The first-order chi connectivity index (χ1) is 13.6. The highest BCUT2D eigenvalue weighted by Crippen LogP contribution is 2.60. The van der Waals surface area contributed by atoms with E-state index in [4.69, 9.17) is 9.47 Å². The van der Waals surface area contributed by atoms with E-state index in [0.29, 0.717) is 23.1 Å². The molecule has 2 atom stereocenters. The molecule has 2 unspecified atom stereocenters. The van der Waals surface area contributed by atoms with Crippen molar-refractivity contribution in [2.45, 2.75) is 26.6 Å². The van der Waals surface area contributed by atoms with E-state index in [0.717, 1.165) is 0 Å². The number of esters is 1. The Hall–Kier alpha value is -2.83. The molecular formula is C22H20F4O3. The van der Waals surface area contributed by atoms with Crippen molar-refractivity contribution >= 4 is 5.97 Å². The van der Waals surface area contributed by atoms with Crippen LogP contribution in [0.25, 0.3) is 0 Å². The average molecular weight is 408 g/mol. The molecule has 0 radical (unpaired) electrons. The molecule has 0 heterocycles. The Labute approximate surface area is 165 Å². The van der Waals surface area contributed by atoms with Crippen LogP contribution in [0.2, 0.25) is 0 Å². The number of halogens is 4. The molecule has 29 heavy (non-hydrogen) atoms. The van der Waals surface area contributed by atoms with Crippen LogP contribution in [0.15, 0.2) is 66.5 Å². The van der Waals surface area contributed by atoms with Crippen LogP contribution in [0.3, 0.4) is 0 Å². The standard InChI is InChI=1S/C22H20F4O3/c1-21(2)17(12-18(23)22(24,25)26)19(21)20(27)28-13-14-7-6-10-16(11-14)29-15-8-4-3-5-9-15/h3-12,17,19H,13H2,1-2H3. The topological polar surface area (TPSA) is 35.5 Å². The number of alkyl halides is 3. The number of carbonyl (C=O) groups is 1. The second kappa shape index (κ2) is 7.89. The van der Waals surface area contributed by atoms with Crippen molar-refractivity contribution in [1.82, 2.24) is 0 Å². The third kappa shape index (κ3) is 4.96. The van der Waals surface area contributed by atoms with Gasteiger partial charge in [-0.1, -0.05) is 44.2 Å². The molecule has 0 spiro atoms. The Morgan fingerprint density at radius 1 is 1.07 bits per heavy atom. The summed E-state index contributed by atoms with van der Waals surface area (Å²) in [5.74, 6) is -3.30. The second-order valence-corrected chi connectivity index (χ2v) is 7.51. The predicted octanol–water partition coefficient (Wildman–Crippen LogP) is 6.21. The zero-order valence-corrected chi connectivity index (χ0v) is 15.9. The van der Waals surface area contributed by atoms with Crippen LogP contribution < -0.4 is 4.74 Å². The Morgan fingerprint density at radius 2 is 1.72 bits per heavy atom. The van der Waals surface area contributed by atoms with Gasteiger partial charge in [-0.2, -0.15) is 13.2 Å². The van der Waals surface area contributed by atoms with E-state index >= 15 is 0 Å². The van der Waals surface area contributed by atoms with Crippen molar-refractivity contribution in [1.29, 1.82) is 0 Å². The fourth-order valence-electron chi connectivity index (χ4n) is 3.26. The summed E-state index contributed by atoms with van der Waals surface area (Å²) >= 11 is 0. The van der Waals surface area contributed by atoms with Gasteiger partial charge in [-0.15, -0.1) is 0 Å². The molecular weight excluding hydrogens is 388 g/mol. The summed E-state index contributed by atoms with van der Waals surface area (Å²) in [7, 11) is 0. The Morgan fingerprint density at radius 3 is 2.38 bits per heavy atom. The predicted molar refractivity (Wildman–Crippen MR) is 98.8 cm³/mol. The first-order valence-electron chi connectivity index (χ1n) is 9.02. The van der Waals surface area contributed by atoms with Crippen LogP contribution in [0.5, 0.6) is 11.5 Å². The quantitative estimate of drug-likeness (QED) is 0.421. The van der Waals surface area contributed by atoms with Gasteiger partial charge in [-0.3, -0.25) is 4.79 Å². The molecule has 154 valence electrons. The van der Waals surface area contributed by atoms with Gasteiger partial charge in [0.1, 0.15) is 18.1 Å². The number of para-hydroxylation sites is 1. The van der Waals surface area contributed by atoms with E-state index in [-0.39, 0.29) is 6.61 Å². The van der Waals surface area contributed by atoms with E-state index < -0.39 is 35.2 Å². The summed E-state index contributed by atoms with van der Waals surface area (Å²) < 4.78 is 61.4. The van der Waals surface area contributed by atoms with Crippen LogP contribution in [-0.4, -0.2) is 12.1 Å². The van der Waals surface area contributed by atoms with Gasteiger partial charge < -0.3 is 9.47 Å². The minimum Gasteiger partial charge on any atom is -0.461 e. The number of ether oxygens (including phenoxy) is 2. The summed E-state index contributed by atoms with van der Waals surface area (Å²) in [5, 5.41) is 0. The zero-order chi connectivity index (χ0) is 21.2. The third-order valence-corrected chi connectivity index (χ3v) is 5.02. The van der Waals surface area contributed by atoms with E-state index in [1.807, 2.05) is 18.2 Å². The van der Waals surface area contributed by atoms with E-state index in [2.05, 4.69) is 0 Å². The van der Waals surface area contributed by atoms with Crippen LogP contribution >= 0.6 is 0 Å². The van der Waals surface area contributed by atoms with E-state index in [9.17, 15) is 22.4 Å². The molecule has 2 aromatic carbocycles. The number of carbonyl (C=O) groups excluding carboxylic acids is 1. The summed E-state index contributed by atoms with van der Waals surface area (Å²) in [4.78, 5) is 12.3. The van der Waals surface area contributed by atoms with Gasteiger partial charge >= 0.3 is 12.1 Å². The first kappa shape index (κ1) is 20.9. The van der Waals surface area contributed by atoms with Crippen LogP contribution in [0, 0.1) is 17.3 Å². The molecule has 0 aromatic heterocycles. The number of hydrogen-bond donors (Lipinski definition) is 0. The SMILES string of the molecule is CC1(C)C(C=C(F)C(F)(F)F)C1C(=O)OCc1cccc(Oc2ccccc2)c1. The third-order valence-electron chi connectivity index (χ3n) is 5.02. The lowest BCUT2D eigenvalue weighted by Crippen LogP contribution is -2.11. The van der Waals surface area contributed by atoms with Gasteiger partial charge in [0.05, 0.1) is 5.92 Å². The smallest absolute Gasteiger partial charge is 0.442 e. The summed E-state index contributed by atoms with van der Waals surface area (Å²) in [6, 6.07) is 16.1. The zero-order valence-electron chi connectivity index (χ0n) is 15.9. The van der Waals surface area contributed by atoms with Crippen LogP contribution in [0.4, 0.5) is 17.6 Å². The molecule has 0 bridgehead atoms. The van der Waals surface area contributed by atoms with Crippen molar-refractivity contribution in [2.24, 2.45) is 17.3 Å². The highest BCUT2D eigenvalue weighted by atomic mass is 19.4. The molecule has 7 heteroatoms. The fraction of sp³-hybridized carbons (Fsp3) is 0.318. The Kier molecular flexibility index (Phi) is 5.68. The average Bonchev–Trinajstić information content (AvgIpc) is 3.20. The molecule has 0 N–H and O–H groups in total. The maximum absolute atomic E-state index is 13.2. The van der Waals surface area contributed by atoms with Gasteiger partial charge in [-0.05, 0) is 47.2 Å². The molecule has 1 fully saturated rings. The summed E-state index contributed by atoms with van der Waals surface area (Å²) in [6.07, 6.45) is -4.58. The number of rotatable bonds is 6. The molecule has 2 aromatic rings. The first-order valence-corrected chi connectivity index (χ1v) is 9.02. The largest absolute Gasteiger partial charge is 0.461 e. The highest BCUT2D eigenvalue weighted by Gasteiger charge is 2.62. The lowest BCUT2D eigenvalue weighted by Gasteiger charge is -2.09. The molecule has 1 aliphatic carbocycles. The lowest BCUT2D eigenvalue weighted by molar-refractivity contribution is -0.147. The van der Waals surface area contributed by atoms with Gasteiger partial charge in [-0.25, -0.2) is 4.39 Å². The monoisotopic (exact) mass is 408 g/mol. The van der Waals surface area contributed by atoms with E-state index in [1.165, 1.54) is 0 Å². The minimum absolute atomic E-state index is 0.0599. The highest BCUT2D eigenvalue weighted by molar-refractivity contribution is 5.78.